The molecule has 0 saturated carbocycles. The Morgan fingerprint density at radius 3 is 2.63 bits per heavy atom. The summed E-state index contributed by atoms with van der Waals surface area (Å²) in [4.78, 5) is 12.3. The van der Waals surface area contributed by atoms with Gasteiger partial charge < -0.3 is 9.47 Å². The smallest absolute Gasteiger partial charge is 0.309 e. The van der Waals surface area contributed by atoms with E-state index in [9.17, 15) is 4.79 Å². The largest absolute Gasteiger partial charge is 0.497 e. The predicted molar refractivity (Wildman–Crippen MR) is 109 cm³/mol. The molecule has 1 aliphatic rings. The Hall–Kier alpha value is -2.55. The number of methoxy groups -OCH3 is 1. The molecule has 0 N–H and O–H groups in total. The quantitative estimate of drug-likeness (QED) is 0.466. The monoisotopic (exact) mass is 364 g/mol. The molecule has 0 heterocycles. The highest BCUT2D eigenvalue weighted by atomic mass is 16.5. The second kappa shape index (κ2) is 9.40. The molecule has 27 heavy (non-hydrogen) atoms. The number of carbonyl (C=O) groups excluding carboxylic acids is 1. The second-order valence-corrected chi connectivity index (χ2v) is 7.02. The molecule has 0 amide bonds. The van der Waals surface area contributed by atoms with Crippen molar-refractivity contribution in [2.24, 2.45) is 0 Å². The number of fused-ring (bicyclic) bond motifs is 1. The van der Waals surface area contributed by atoms with Gasteiger partial charge in [0, 0.05) is 0 Å². The van der Waals surface area contributed by atoms with Crippen molar-refractivity contribution in [3.05, 3.63) is 70.8 Å². The van der Waals surface area contributed by atoms with Crippen molar-refractivity contribution >= 4 is 11.5 Å². The first-order valence-electron chi connectivity index (χ1n) is 9.79. The van der Waals surface area contributed by atoms with Gasteiger partial charge in [-0.1, -0.05) is 55.3 Å². The summed E-state index contributed by atoms with van der Waals surface area (Å²) < 4.78 is 10.9. The number of unbranched alkanes of at least 4 members (excludes halogenated alkanes) is 1. The van der Waals surface area contributed by atoms with Gasteiger partial charge in [-0.3, -0.25) is 4.79 Å². The molecule has 0 bridgehead atoms. The van der Waals surface area contributed by atoms with Crippen molar-refractivity contribution < 1.29 is 14.3 Å². The normalized spacial score (nSPS) is 13.3. The third kappa shape index (κ3) is 5.00. The van der Waals surface area contributed by atoms with Gasteiger partial charge in [-0.25, -0.2) is 0 Å². The molecule has 3 heteroatoms. The minimum atomic E-state index is -0.115. The van der Waals surface area contributed by atoms with E-state index in [1.54, 1.807) is 7.11 Å². The van der Waals surface area contributed by atoms with Crippen LogP contribution in [0.15, 0.2) is 54.1 Å². The number of hydrogen-bond donors (Lipinski definition) is 0. The maximum Gasteiger partial charge on any atom is 0.309 e. The topological polar surface area (TPSA) is 35.5 Å². The standard InChI is InChI=1S/C24H28O3/c1-3-4-14-27-24(25)16-20-11-10-19-12-13-21(26-2)17-23(19)22(20)15-18-8-6-5-7-9-18/h5-9,12-13,17H,3-4,10-11,14-16H2,1-2H3. The van der Waals surface area contributed by atoms with Gasteiger partial charge in [-0.05, 0) is 60.1 Å². The lowest BCUT2D eigenvalue weighted by atomic mass is 9.81. The van der Waals surface area contributed by atoms with Gasteiger partial charge >= 0.3 is 5.97 Å². The first-order chi connectivity index (χ1) is 13.2. The Kier molecular flexibility index (Phi) is 6.69. The van der Waals surface area contributed by atoms with Crippen LogP contribution in [0.4, 0.5) is 0 Å². The highest BCUT2D eigenvalue weighted by molar-refractivity contribution is 5.82. The van der Waals surface area contributed by atoms with E-state index >= 15 is 0 Å². The van der Waals surface area contributed by atoms with Crippen molar-refractivity contribution in [2.75, 3.05) is 13.7 Å². The van der Waals surface area contributed by atoms with E-state index in [0.717, 1.165) is 37.9 Å². The Labute approximate surface area is 162 Å². The molecule has 2 aromatic rings. The van der Waals surface area contributed by atoms with Crippen LogP contribution in [0.1, 0.15) is 49.3 Å². The van der Waals surface area contributed by atoms with E-state index in [4.69, 9.17) is 9.47 Å². The Morgan fingerprint density at radius 2 is 1.89 bits per heavy atom. The maximum atomic E-state index is 12.3. The first kappa shape index (κ1) is 19.2. The lowest BCUT2D eigenvalue weighted by molar-refractivity contribution is -0.142. The number of hydrogen-bond acceptors (Lipinski definition) is 3. The Balaban J connectivity index is 1.91. The van der Waals surface area contributed by atoms with Crippen LogP contribution in [0.3, 0.4) is 0 Å². The number of carbonyl (C=O) groups is 1. The molecule has 2 aromatic carbocycles. The van der Waals surface area contributed by atoms with Crippen LogP contribution in [-0.4, -0.2) is 19.7 Å². The molecule has 1 aliphatic carbocycles. The Morgan fingerprint density at radius 1 is 1.07 bits per heavy atom. The van der Waals surface area contributed by atoms with Crippen LogP contribution >= 0.6 is 0 Å². The molecule has 0 aliphatic heterocycles. The minimum absolute atomic E-state index is 0.115. The number of allylic oxidation sites excluding steroid dienone is 1. The number of benzene rings is 2. The minimum Gasteiger partial charge on any atom is -0.497 e. The molecule has 0 saturated heterocycles. The summed E-state index contributed by atoms with van der Waals surface area (Å²) >= 11 is 0. The molecule has 0 atom stereocenters. The van der Waals surface area contributed by atoms with Crippen molar-refractivity contribution in [1.82, 2.24) is 0 Å². The Bertz CT molecular complexity index is 806. The van der Waals surface area contributed by atoms with E-state index < -0.39 is 0 Å². The molecule has 142 valence electrons. The van der Waals surface area contributed by atoms with Crippen LogP contribution in [-0.2, 0) is 22.4 Å². The maximum absolute atomic E-state index is 12.3. The van der Waals surface area contributed by atoms with Crippen LogP contribution in [0.2, 0.25) is 0 Å². The molecular weight excluding hydrogens is 336 g/mol. The zero-order valence-electron chi connectivity index (χ0n) is 16.3. The SMILES string of the molecule is CCCCOC(=O)CC1=C(Cc2ccccc2)c2cc(OC)ccc2CC1. The summed E-state index contributed by atoms with van der Waals surface area (Å²) in [6.07, 6.45) is 5.00. The van der Waals surface area contributed by atoms with Crippen LogP contribution < -0.4 is 4.74 Å². The first-order valence-corrected chi connectivity index (χ1v) is 9.79. The van der Waals surface area contributed by atoms with E-state index in [1.807, 2.05) is 12.1 Å². The summed E-state index contributed by atoms with van der Waals surface area (Å²) in [5.74, 6) is 0.737. The average Bonchev–Trinajstić information content (AvgIpc) is 2.70. The molecule has 0 spiro atoms. The molecular formula is C24H28O3. The van der Waals surface area contributed by atoms with E-state index in [1.165, 1.54) is 27.8 Å². The molecule has 0 aromatic heterocycles. The van der Waals surface area contributed by atoms with Crippen LogP contribution in [0.25, 0.3) is 5.57 Å². The predicted octanol–water partition coefficient (Wildman–Crippen LogP) is 5.37. The zero-order valence-corrected chi connectivity index (χ0v) is 16.3. The van der Waals surface area contributed by atoms with E-state index in [0.29, 0.717) is 13.0 Å². The van der Waals surface area contributed by atoms with Gasteiger partial charge in [-0.15, -0.1) is 0 Å². The summed E-state index contributed by atoms with van der Waals surface area (Å²) in [5, 5.41) is 0. The molecule has 0 unspecified atom stereocenters. The lowest BCUT2D eigenvalue weighted by Crippen LogP contribution is -2.13. The fourth-order valence-corrected chi connectivity index (χ4v) is 3.58. The zero-order chi connectivity index (χ0) is 19.1. The number of aryl methyl sites for hydroxylation is 1. The number of ether oxygens (including phenoxy) is 2. The fraction of sp³-hybridized carbons (Fsp3) is 0.375. The van der Waals surface area contributed by atoms with Crippen LogP contribution in [0, 0.1) is 0 Å². The van der Waals surface area contributed by atoms with Gasteiger partial charge in [0.05, 0.1) is 20.1 Å². The van der Waals surface area contributed by atoms with Crippen molar-refractivity contribution in [3.63, 3.8) is 0 Å². The van der Waals surface area contributed by atoms with E-state index in [-0.39, 0.29) is 5.97 Å². The average molecular weight is 364 g/mol. The third-order valence-electron chi connectivity index (χ3n) is 5.11. The fourth-order valence-electron chi connectivity index (χ4n) is 3.58. The molecule has 3 nitrogen and oxygen atoms in total. The van der Waals surface area contributed by atoms with Gasteiger partial charge in [0.1, 0.15) is 5.75 Å². The van der Waals surface area contributed by atoms with E-state index in [2.05, 4.69) is 43.3 Å². The summed E-state index contributed by atoms with van der Waals surface area (Å²) in [6, 6.07) is 16.7. The summed E-state index contributed by atoms with van der Waals surface area (Å²) in [5.41, 5.74) is 6.22. The summed E-state index contributed by atoms with van der Waals surface area (Å²) in [7, 11) is 1.69. The highest BCUT2D eigenvalue weighted by Crippen LogP contribution is 2.37. The van der Waals surface area contributed by atoms with Gasteiger partial charge in [0.2, 0.25) is 0 Å². The number of rotatable bonds is 8. The third-order valence-corrected chi connectivity index (χ3v) is 5.11. The molecule has 0 fully saturated rings. The molecule has 0 radical (unpaired) electrons. The second-order valence-electron chi connectivity index (χ2n) is 7.02. The highest BCUT2D eigenvalue weighted by Gasteiger charge is 2.22. The van der Waals surface area contributed by atoms with Crippen LogP contribution in [0.5, 0.6) is 5.75 Å². The number of esters is 1. The van der Waals surface area contributed by atoms with Crippen molar-refractivity contribution in [2.45, 2.75) is 45.4 Å². The lowest BCUT2D eigenvalue weighted by Gasteiger charge is -2.24. The summed E-state index contributed by atoms with van der Waals surface area (Å²) in [6.45, 7) is 2.61. The van der Waals surface area contributed by atoms with Crippen molar-refractivity contribution in [1.29, 1.82) is 0 Å². The van der Waals surface area contributed by atoms with Gasteiger partial charge in [0.25, 0.3) is 0 Å². The van der Waals surface area contributed by atoms with Crippen molar-refractivity contribution in [3.8, 4) is 5.75 Å². The molecule has 3 rings (SSSR count). The van der Waals surface area contributed by atoms with Gasteiger partial charge in [-0.2, -0.15) is 0 Å². The van der Waals surface area contributed by atoms with Gasteiger partial charge in [0.15, 0.2) is 0 Å².